The molecule has 0 bridgehead atoms. The van der Waals surface area contributed by atoms with Crippen LogP contribution < -0.4 is 5.32 Å². The summed E-state index contributed by atoms with van der Waals surface area (Å²) < 4.78 is 0. The molecule has 3 rings (SSSR count). The standard InChI is InChI=1S/C17H18N4OS2/c1-11(2)12-3-5-14(6-4-12)18-15(22)10-24-17-19-16(20-21-17)13-7-8-23-9-13/h3-9,11H,10H2,1-2H3,(H,18,22)(H,19,20,21). The molecule has 0 unspecified atom stereocenters. The number of H-pyrrole nitrogens is 1. The zero-order valence-corrected chi connectivity index (χ0v) is 15.1. The number of thiophene rings is 1. The van der Waals surface area contributed by atoms with Crippen LogP contribution in [-0.4, -0.2) is 26.8 Å². The summed E-state index contributed by atoms with van der Waals surface area (Å²) in [5.74, 6) is 1.42. The number of nitrogens with zero attached hydrogens (tertiary/aromatic N) is 2. The molecule has 2 N–H and O–H groups in total. The molecular weight excluding hydrogens is 340 g/mol. The predicted molar refractivity (Wildman–Crippen MR) is 99.6 cm³/mol. The Morgan fingerprint density at radius 2 is 2.04 bits per heavy atom. The molecule has 0 aliphatic rings. The van der Waals surface area contributed by atoms with Crippen molar-refractivity contribution in [2.24, 2.45) is 0 Å². The molecule has 7 heteroatoms. The third kappa shape index (κ3) is 4.24. The van der Waals surface area contributed by atoms with Gasteiger partial charge in [0.2, 0.25) is 5.91 Å². The lowest BCUT2D eigenvalue weighted by atomic mass is 10.0. The lowest BCUT2D eigenvalue weighted by Gasteiger charge is -2.08. The molecule has 0 aliphatic carbocycles. The number of aromatic amines is 1. The van der Waals surface area contributed by atoms with Crippen molar-refractivity contribution >= 4 is 34.7 Å². The van der Waals surface area contributed by atoms with E-state index in [9.17, 15) is 4.79 Å². The zero-order chi connectivity index (χ0) is 16.9. The first-order chi connectivity index (χ1) is 11.6. The molecule has 1 aromatic carbocycles. The quantitative estimate of drug-likeness (QED) is 0.641. The number of benzene rings is 1. The smallest absolute Gasteiger partial charge is 0.234 e. The lowest BCUT2D eigenvalue weighted by Crippen LogP contribution is -2.14. The van der Waals surface area contributed by atoms with Gasteiger partial charge in [-0.3, -0.25) is 4.79 Å². The topological polar surface area (TPSA) is 70.7 Å². The van der Waals surface area contributed by atoms with E-state index in [-0.39, 0.29) is 11.7 Å². The Kier molecular flexibility index (Phi) is 5.32. The molecule has 0 spiro atoms. The molecule has 0 saturated heterocycles. The van der Waals surface area contributed by atoms with Crippen LogP contribution in [0.15, 0.2) is 46.2 Å². The molecule has 3 aromatic rings. The van der Waals surface area contributed by atoms with E-state index in [1.165, 1.54) is 17.3 Å². The van der Waals surface area contributed by atoms with E-state index >= 15 is 0 Å². The van der Waals surface area contributed by atoms with Crippen molar-refractivity contribution in [2.75, 3.05) is 11.1 Å². The van der Waals surface area contributed by atoms with Crippen molar-refractivity contribution in [1.29, 1.82) is 0 Å². The Morgan fingerprint density at radius 3 is 2.71 bits per heavy atom. The van der Waals surface area contributed by atoms with Crippen LogP contribution in [0.3, 0.4) is 0 Å². The first kappa shape index (κ1) is 16.7. The molecule has 0 radical (unpaired) electrons. The van der Waals surface area contributed by atoms with Crippen molar-refractivity contribution in [2.45, 2.75) is 24.9 Å². The Labute approximate surface area is 148 Å². The summed E-state index contributed by atoms with van der Waals surface area (Å²) in [5, 5.41) is 15.7. The van der Waals surface area contributed by atoms with E-state index in [1.807, 2.05) is 41.1 Å². The van der Waals surface area contributed by atoms with Crippen molar-refractivity contribution < 1.29 is 4.79 Å². The van der Waals surface area contributed by atoms with Gasteiger partial charge in [-0.2, -0.15) is 11.3 Å². The summed E-state index contributed by atoms with van der Waals surface area (Å²) in [6, 6.07) is 9.92. The fraction of sp³-hybridized carbons (Fsp3) is 0.235. The van der Waals surface area contributed by atoms with Gasteiger partial charge in [0.05, 0.1) is 5.75 Å². The predicted octanol–water partition coefficient (Wildman–Crippen LogP) is 4.39. The Morgan fingerprint density at radius 1 is 1.25 bits per heavy atom. The summed E-state index contributed by atoms with van der Waals surface area (Å²) >= 11 is 2.94. The van der Waals surface area contributed by atoms with Crippen molar-refractivity contribution in [3.63, 3.8) is 0 Å². The minimum absolute atomic E-state index is 0.0641. The van der Waals surface area contributed by atoms with Gasteiger partial charge in [0.15, 0.2) is 11.0 Å². The number of rotatable bonds is 6. The second-order valence-corrected chi connectivity index (χ2v) is 7.35. The largest absolute Gasteiger partial charge is 0.325 e. The molecule has 2 aromatic heterocycles. The summed E-state index contributed by atoms with van der Waals surface area (Å²) in [6.07, 6.45) is 0. The number of carbonyl (C=O) groups excluding carboxylic acids is 1. The highest BCUT2D eigenvalue weighted by Gasteiger charge is 2.09. The molecule has 1 amide bonds. The average Bonchev–Trinajstić information content (AvgIpc) is 3.25. The number of nitrogens with one attached hydrogen (secondary N) is 2. The fourth-order valence-electron chi connectivity index (χ4n) is 2.12. The highest BCUT2D eigenvalue weighted by molar-refractivity contribution is 7.99. The average molecular weight is 358 g/mol. The van der Waals surface area contributed by atoms with Gasteiger partial charge in [0.25, 0.3) is 0 Å². The van der Waals surface area contributed by atoms with Gasteiger partial charge in [0.1, 0.15) is 0 Å². The highest BCUT2D eigenvalue weighted by atomic mass is 32.2. The number of thioether (sulfide) groups is 1. The summed E-state index contributed by atoms with van der Waals surface area (Å²) in [5.41, 5.74) is 3.07. The summed E-state index contributed by atoms with van der Waals surface area (Å²) in [4.78, 5) is 15.2. The minimum atomic E-state index is -0.0641. The molecule has 0 atom stereocenters. The van der Waals surface area contributed by atoms with Gasteiger partial charge < -0.3 is 10.3 Å². The maximum Gasteiger partial charge on any atom is 0.234 e. The molecule has 0 fully saturated rings. The number of hydrogen-bond donors (Lipinski definition) is 2. The van der Waals surface area contributed by atoms with Crippen LogP contribution in [0.4, 0.5) is 5.69 Å². The van der Waals surface area contributed by atoms with Crippen LogP contribution in [0.5, 0.6) is 0 Å². The van der Waals surface area contributed by atoms with Crippen LogP contribution in [0.2, 0.25) is 0 Å². The second kappa shape index (κ2) is 7.63. The van der Waals surface area contributed by atoms with E-state index in [4.69, 9.17) is 0 Å². The lowest BCUT2D eigenvalue weighted by molar-refractivity contribution is -0.113. The van der Waals surface area contributed by atoms with Gasteiger partial charge in [-0.05, 0) is 35.1 Å². The zero-order valence-electron chi connectivity index (χ0n) is 13.4. The second-order valence-electron chi connectivity index (χ2n) is 5.60. The maximum atomic E-state index is 12.0. The Hall–Kier alpha value is -2.12. The number of amides is 1. The van der Waals surface area contributed by atoms with Crippen LogP contribution in [-0.2, 0) is 4.79 Å². The minimum Gasteiger partial charge on any atom is -0.325 e. The molecular formula is C17H18N4OS2. The highest BCUT2D eigenvalue weighted by Crippen LogP contribution is 2.21. The normalized spacial score (nSPS) is 11.0. The molecule has 5 nitrogen and oxygen atoms in total. The Balaban J connectivity index is 1.52. The van der Waals surface area contributed by atoms with Gasteiger partial charge in [-0.15, -0.1) is 10.2 Å². The first-order valence-electron chi connectivity index (χ1n) is 7.59. The first-order valence-corrected chi connectivity index (χ1v) is 9.52. The van der Waals surface area contributed by atoms with Crippen LogP contribution in [0.1, 0.15) is 25.3 Å². The fourth-order valence-corrected chi connectivity index (χ4v) is 3.37. The molecule has 0 aliphatic heterocycles. The van der Waals surface area contributed by atoms with Gasteiger partial charge >= 0.3 is 0 Å². The van der Waals surface area contributed by atoms with E-state index in [0.29, 0.717) is 11.1 Å². The summed E-state index contributed by atoms with van der Waals surface area (Å²) in [6.45, 7) is 4.29. The van der Waals surface area contributed by atoms with E-state index < -0.39 is 0 Å². The maximum absolute atomic E-state index is 12.0. The van der Waals surface area contributed by atoms with Gasteiger partial charge in [-0.1, -0.05) is 37.7 Å². The third-order valence-electron chi connectivity index (χ3n) is 3.46. The molecule has 24 heavy (non-hydrogen) atoms. The molecule has 0 saturated carbocycles. The van der Waals surface area contributed by atoms with Gasteiger partial charge in [-0.25, -0.2) is 0 Å². The molecule has 124 valence electrons. The van der Waals surface area contributed by atoms with E-state index in [2.05, 4.69) is 34.3 Å². The third-order valence-corrected chi connectivity index (χ3v) is 5.01. The van der Waals surface area contributed by atoms with Crippen molar-refractivity contribution in [3.05, 3.63) is 46.7 Å². The number of hydrogen-bond acceptors (Lipinski definition) is 5. The molecule has 2 heterocycles. The van der Waals surface area contributed by atoms with Crippen LogP contribution in [0.25, 0.3) is 11.4 Å². The van der Waals surface area contributed by atoms with Crippen LogP contribution >= 0.6 is 23.1 Å². The van der Waals surface area contributed by atoms with E-state index in [1.54, 1.807) is 11.3 Å². The number of aromatic nitrogens is 3. The number of anilines is 1. The van der Waals surface area contributed by atoms with Crippen molar-refractivity contribution in [1.82, 2.24) is 15.2 Å². The van der Waals surface area contributed by atoms with Crippen LogP contribution in [0, 0.1) is 0 Å². The number of carbonyl (C=O) groups is 1. The Bertz CT molecular complexity index is 794. The summed E-state index contributed by atoms with van der Waals surface area (Å²) in [7, 11) is 0. The monoisotopic (exact) mass is 358 g/mol. The van der Waals surface area contributed by atoms with Crippen molar-refractivity contribution in [3.8, 4) is 11.4 Å². The van der Waals surface area contributed by atoms with Gasteiger partial charge in [0, 0.05) is 16.6 Å². The van der Waals surface area contributed by atoms with E-state index in [0.717, 1.165) is 17.1 Å². The SMILES string of the molecule is CC(C)c1ccc(NC(=O)CSc2nnc(-c3ccsc3)[nH]2)cc1.